The van der Waals surface area contributed by atoms with Gasteiger partial charge in [0.2, 0.25) is 0 Å². The molecule has 0 saturated carbocycles. The molecule has 26 heavy (non-hydrogen) atoms. The zero-order valence-corrected chi connectivity index (χ0v) is 17.1. The number of allylic oxidation sites excluding steroid dienone is 1. The summed E-state index contributed by atoms with van der Waals surface area (Å²) in [6, 6.07) is 0. The zero-order valence-electron chi connectivity index (χ0n) is 17.1. The average molecular weight is 366 g/mol. The molecule has 0 amide bonds. The fraction of sp³-hybridized carbons (Fsp3) is 0.762. The van der Waals surface area contributed by atoms with Crippen molar-refractivity contribution >= 4 is 17.3 Å². The van der Waals surface area contributed by atoms with E-state index < -0.39 is 23.1 Å². The molecule has 0 aromatic heterocycles. The van der Waals surface area contributed by atoms with Gasteiger partial charge < -0.3 is 15.6 Å². The highest BCUT2D eigenvalue weighted by molar-refractivity contribution is 6.27. The Bertz CT molecular complexity index is 589. The lowest BCUT2D eigenvalue weighted by molar-refractivity contribution is -0.139. The van der Waals surface area contributed by atoms with Crippen molar-refractivity contribution in [3.8, 4) is 0 Å². The Hall–Kier alpha value is -1.49. The van der Waals surface area contributed by atoms with E-state index in [-0.39, 0.29) is 41.7 Å². The number of nitrogens with one attached hydrogen (secondary N) is 1. The van der Waals surface area contributed by atoms with Gasteiger partial charge in [-0.2, -0.15) is 0 Å². The molecule has 5 heteroatoms. The van der Waals surface area contributed by atoms with Gasteiger partial charge in [0.15, 0.2) is 17.2 Å². The van der Waals surface area contributed by atoms with Crippen LogP contribution in [-0.2, 0) is 9.59 Å². The van der Waals surface area contributed by atoms with Crippen LogP contribution in [0.3, 0.4) is 0 Å². The Balaban J connectivity index is 3.27. The van der Waals surface area contributed by atoms with Gasteiger partial charge in [0.1, 0.15) is 5.76 Å². The highest BCUT2D eigenvalue weighted by Crippen LogP contribution is 2.42. The fourth-order valence-corrected chi connectivity index (χ4v) is 3.41. The second-order valence-corrected chi connectivity index (χ2v) is 8.80. The molecule has 148 valence electrons. The number of rotatable bonds is 10. The van der Waals surface area contributed by atoms with Gasteiger partial charge in [-0.05, 0) is 30.6 Å². The van der Waals surface area contributed by atoms with E-state index in [0.29, 0.717) is 25.2 Å². The number of hydrogen-bond acceptors (Lipinski definition) is 5. The molecule has 0 aromatic rings. The monoisotopic (exact) mass is 365 g/mol. The third kappa shape index (κ3) is 4.81. The molecule has 1 aliphatic rings. The minimum Gasteiger partial charge on any atom is -0.508 e. The van der Waals surface area contributed by atoms with Crippen molar-refractivity contribution in [2.75, 3.05) is 0 Å². The van der Waals surface area contributed by atoms with Crippen molar-refractivity contribution in [2.24, 2.45) is 23.7 Å². The largest absolute Gasteiger partial charge is 0.508 e. The van der Waals surface area contributed by atoms with Crippen molar-refractivity contribution < 1.29 is 19.8 Å². The number of Topliss-reactive ketones (excluding diaryl/α,β-unsaturated/α-hetero) is 2. The predicted octanol–water partition coefficient (Wildman–Crippen LogP) is 4.24. The second kappa shape index (κ2) is 8.94. The smallest absolute Gasteiger partial charge is 0.188 e. The van der Waals surface area contributed by atoms with Gasteiger partial charge in [-0.25, -0.2) is 0 Å². The maximum atomic E-state index is 12.8. The Morgan fingerprint density at radius 2 is 1.58 bits per heavy atom. The van der Waals surface area contributed by atoms with Crippen LogP contribution >= 0.6 is 0 Å². The average Bonchev–Trinajstić information content (AvgIpc) is 2.69. The Labute approximate surface area is 157 Å². The summed E-state index contributed by atoms with van der Waals surface area (Å²) in [5.74, 6) is -1.64. The highest BCUT2D eigenvalue weighted by atomic mass is 16.3. The molecule has 0 saturated heterocycles. The molecule has 0 bridgehead atoms. The Kier molecular flexibility index (Phi) is 7.75. The zero-order chi connectivity index (χ0) is 20.2. The lowest BCUT2D eigenvalue weighted by Crippen LogP contribution is -2.46. The maximum absolute atomic E-state index is 12.8. The van der Waals surface area contributed by atoms with Gasteiger partial charge in [-0.3, -0.25) is 9.59 Å². The lowest BCUT2D eigenvalue weighted by atomic mass is 9.79. The van der Waals surface area contributed by atoms with E-state index in [2.05, 4.69) is 0 Å². The number of carbonyl (C=O) groups excluding carboxylic acids is 2. The predicted molar refractivity (Wildman–Crippen MR) is 103 cm³/mol. The molecule has 1 rings (SSSR count). The topological polar surface area (TPSA) is 98.4 Å². The van der Waals surface area contributed by atoms with Crippen molar-refractivity contribution in [1.29, 1.82) is 5.41 Å². The first kappa shape index (κ1) is 22.6. The Morgan fingerprint density at radius 1 is 1.04 bits per heavy atom. The van der Waals surface area contributed by atoms with Gasteiger partial charge in [0.05, 0.1) is 11.3 Å². The summed E-state index contributed by atoms with van der Waals surface area (Å²) in [6.45, 7) is 11.8. The van der Waals surface area contributed by atoms with Gasteiger partial charge in [0.25, 0.3) is 0 Å². The summed E-state index contributed by atoms with van der Waals surface area (Å²) < 4.78 is 0. The fourth-order valence-electron chi connectivity index (χ4n) is 3.41. The first-order chi connectivity index (χ1) is 11.9. The maximum Gasteiger partial charge on any atom is 0.188 e. The van der Waals surface area contributed by atoms with Gasteiger partial charge in [-0.15, -0.1) is 0 Å². The summed E-state index contributed by atoms with van der Waals surface area (Å²) in [5, 5.41) is 30.3. The molecule has 0 radical (unpaired) electrons. The second-order valence-electron chi connectivity index (χ2n) is 8.80. The molecule has 0 fully saturated rings. The van der Waals surface area contributed by atoms with Crippen LogP contribution in [0.1, 0.15) is 73.6 Å². The molecule has 2 atom stereocenters. The van der Waals surface area contributed by atoms with Crippen LogP contribution < -0.4 is 0 Å². The summed E-state index contributed by atoms with van der Waals surface area (Å²) in [5.41, 5.74) is -2.37. The van der Waals surface area contributed by atoms with Crippen molar-refractivity contribution in [2.45, 2.75) is 79.2 Å². The number of hydrogen-bond donors (Lipinski definition) is 3. The van der Waals surface area contributed by atoms with Crippen LogP contribution in [0.2, 0.25) is 0 Å². The summed E-state index contributed by atoms with van der Waals surface area (Å²) >= 11 is 0. The van der Waals surface area contributed by atoms with Gasteiger partial charge >= 0.3 is 0 Å². The van der Waals surface area contributed by atoms with E-state index in [1.165, 1.54) is 0 Å². The van der Waals surface area contributed by atoms with Crippen LogP contribution in [0.15, 0.2) is 11.3 Å². The lowest BCUT2D eigenvalue weighted by Gasteiger charge is -2.29. The van der Waals surface area contributed by atoms with Crippen molar-refractivity contribution in [3.63, 3.8) is 0 Å². The van der Waals surface area contributed by atoms with E-state index in [9.17, 15) is 19.8 Å². The van der Waals surface area contributed by atoms with E-state index in [4.69, 9.17) is 5.41 Å². The molecule has 5 nitrogen and oxygen atoms in total. The third-order valence-corrected chi connectivity index (χ3v) is 5.00. The minimum absolute atomic E-state index is 0.0649. The van der Waals surface area contributed by atoms with Crippen LogP contribution in [-0.4, -0.2) is 33.1 Å². The summed E-state index contributed by atoms with van der Waals surface area (Å²) in [4.78, 5) is 25.4. The van der Waals surface area contributed by atoms with Crippen molar-refractivity contribution in [3.05, 3.63) is 11.3 Å². The molecule has 3 N–H and O–H groups in total. The molecule has 0 aromatic carbocycles. The quantitative estimate of drug-likeness (QED) is 0.539. The van der Waals surface area contributed by atoms with E-state index in [1.807, 2.05) is 41.5 Å². The first-order valence-electron chi connectivity index (χ1n) is 9.74. The molecule has 0 heterocycles. The number of ketones is 2. The minimum atomic E-state index is -2.14. The Morgan fingerprint density at radius 3 is 2.04 bits per heavy atom. The molecule has 1 unspecified atom stereocenters. The van der Waals surface area contributed by atoms with Crippen LogP contribution in [0.4, 0.5) is 0 Å². The highest BCUT2D eigenvalue weighted by Gasteiger charge is 2.56. The van der Waals surface area contributed by atoms with Crippen LogP contribution in [0.25, 0.3) is 0 Å². The van der Waals surface area contributed by atoms with Crippen LogP contribution in [0.5, 0.6) is 0 Å². The normalized spacial score (nSPS) is 23.6. The number of aliphatic hydroxyl groups is 2. The van der Waals surface area contributed by atoms with E-state index >= 15 is 0 Å². The van der Waals surface area contributed by atoms with Crippen LogP contribution in [0, 0.1) is 29.1 Å². The van der Waals surface area contributed by atoms with Gasteiger partial charge in [-0.1, -0.05) is 48.0 Å². The molecular formula is C21H35NO4. The molecule has 0 spiro atoms. The number of carbonyl (C=O) groups is 2. The third-order valence-electron chi connectivity index (χ3n) is 5.00. The van der Waals surface area contributed by atoms with Crippen molar-refractivity contribution in [1.82, 2.24) is 0 Å². The summed E-state index contributed by atoms with van der Waals surface area (Å²) in [7, 11) is 0. The number of aliphatic hydroxyl groups excluding tert-OH is 1. The molecular weight excluding hydrogens is 330 g/mol. The van der Waals surface area contributed by atoms with E-state index in [1.54, 1.807) is 0 Å². The van der Waals surface area contributed by atoms with E-state index in [0.717, 1.165) is 0 Å². The summed E-state index contributed by atoms with van der Waals surface area (Å²) in [6.07, 6.45) is 1.98. The SMILES string of the molecule is CC(C)CCC(=O)[C@]1(O)C(O)=C(C(=O)CC(C)C)C(=N)C1CCC(C)C. The van der Waals surface area contributed by atoms with Gasteiger partial charge in [0, 0.05) is 18.8 Å². The molecule has 1 aliphatic carbocycles. The standard InChI is InChI=1S/C21H35NO4/c1-12(2)7-9-15-19(22)18(16(23)11-14(5)6)20(25)21(15,26)17(24)10-8-13(3)4/h12-15,22,25-26H,7-11H2,1-6H3/t15?,21-/m0/s1. The molecule has 0 aliphatic heterocycles. The first-order valence-corrected chi connectivity index (χ1v) is 9.74.